The topological polar surface area (TPSA) is 48.4 Å². The molecule has 21 heavy (non-hydrogen) atoms. The molecule has 2 rings (SSSR count). The van der Waals surface area contributed by atoms with Crippen LogP contribution >= 0.6 is 11.3 Å². The van der Waals surface area contributed by atoms with E-state index in [1.165, 1.54) is 10.4 Å². The van der Waals surface area contributed by atoms with Crippen molar-refractivity contribution >= 4 is 16.5 Å². The van der Waals surface area contributed by atoms with Gasteiger partial charge in [0.15, 0.2) is 5.13 Å². The van der Waals surface area contributed by atoms with Crippen LogP contribution in [0.3, 0.4) is 0 Å². The van der Waals surface area contributed by atoms with Gasteiger partial charge in [-0.3, -0.25) is 4.90 Å². The third kappa shape index (κ3) is 5.46. The molecular weight excluding hydrogens is 282 g/mol. The zero-order chi connectivity index (χ0) is 14.9. The van der Waals surface area contributed by atoms with E-state index in [1.54, 1.807) is 11.3 Å². The molecule has 0 saturated carbocycles. The van der Waals surface area contributed by atoms with Crippen LogP contribution < -0.4 is 5.32 Å². The lowest BCUT2D eigenvalue weighted by molar-refractivity contribution is 0.185. The summed E-state index contributed by atoms with van der Waals surface area (Å²) in [5, 5.41) is 13.5. The van der Waals surface area contributed by atoms with E-state index in [-0.39, 0.29) is 6.61 Å². The first-order valence-corrected chi connectivity index (χ1v) is 8.19. The SMILES string of the molecule is CCCNc1ncc(CN(CCO)Cc2ccccc2)s1. The van der Waals surface area contributed by atoms with Gasteiger partial charge in [0, 0.05) is 37.3 Å². The Kier molecular flexibility index (Phi) is 6.66. The van der Waals surface area contributed by atoms with E-state index in [9.17, 15) is 5.11 Å². The van der Waals surface area contributed by atoms with Crippen LogP contribution in [0.4, 0.5) is 5.13 Å². The van der Waals surface area contributed by atoms with Gasteiger partial charge in [0.2, 0.25) is 0 Å². The Balaban J connectivity index is 1.94. The van der Waals surface area contributed by atoms with Crippen molar-refractivity contribution in [2.45, 2.75) is 26.4 Å². The van der Waals surface area contributed by atoms with Gasteiger partial charge < -0.3 is 10.4 Å². The summed E-state index contributed by atoms with van der Waals surface area (Å²) in [6.07, 6.45) is 3.03. The minimum absolute atomic E-state index is 0.173. The minimum atomic E-state index is 0.173. The van der Waals surface area contributed by atoms with E-state index in [1.807, 2.05) is 24.4 Å². The quantitative estimate of drug-likeness (QED) is 0.748. The maximum atomic E-state index is 9.25. The zero-order valence-electron chi connectivity index (χ0n) is 12.5. The average Bonchev–Trinajstić information content (AvgIpc) is 2.94. The largest absolute Gasteiger partial charge is 0.395 e. The number of nitrogens with one attached hydrogen (secondary N) is 1. The number of thiazole rings is 1. The molecule has 0 fully saturated rings. The molecule has 0 aliphatic carbocycles. The van der Waals surface area contributed by atoms with E-state index in [2.05, 4.69) is 34.3 Å². The van der Waals surface area contributed by atoms with Crippen LogP contribution in [0.5, 0.6) is 0 Å². The second-order valence-corrected chi connectivity index (χ2v) is 6.09. The predicted molar refractivity (Wildman–Crippen MR) is 88.5 cm³/mol. The second-order valence-electron chi connectivity index (χ2n) is 4.98. The van der Waals surface area contributed by atoms with Crippen molar-refractivity contribution in [3.63, 3.8) is 0 Å². The molecule has 0 saturated heterocycles. The number of nitrogens with zero attached hydrogens (tertiary/aromatic N) is 2. The normalized spacial score (nSPS) is 11.0. The van der Waals surface area contributed by atoms with Crippen molar-refractivity contribution in [1.29, 1.82) is 0 Å². The molecule has 1 aromatic heterocycles. The number of aromatic nitrogens is 1. The van der Waals surface area contributed by atoms with Gasteiger partial charge in [0.05, 0.1) is 6.61 Å². The van der Waals surface area contributed by atoms with Crippen molar-refractivity contribution in [2.24, 2.45) is 0 Å². The molecule has 1 aromatic carbocycles. The van der Waals surface area contributed by atoms with Crippen LogP contribution in [0.1, 0.15) is 23.8 Å². The molecule has 0 amide bonds. The molecule has 0 radical (unpaired) electrons. The third-order valence-electron chi connectivity index (χ3n) is 3.12. The van der Waals surface area contributed by atoms with E-state index in [4.69, 9.17) is 0 Å². The summed E-state index contributed by atoms with van der Waals surface area (Å²) in [5.74, 6) is 0. The average molecular weight is 305 g/mol. The Morgan fingerprint density at radius 2 is 2.05 bits per heavy atom. The number of rotatable bonds is 9. The van der Waals surface area contributed by atoms with Crippen LogP contribution in [0.2, 0.25) is 0 Å². The van der Waals surface area contributed by atoms with Gasteiger partial charge in [0.25, 0.3) is 0 Å². The lowest BCUT2D eigenvalue weighted by atomic mass is 10.2. The van der Waals surface area contributed by atoms with Crippen LogP contribution in [0, 0.1) is 0 Å². The number of benzene rings is 1. The van der Waals surface area contributed by atoms with E-state index in [0.717, 1.165) is 31.2 Å². The van der Waals surface area contributed by atoms with Crippen molar-refractivity contribution in [1.82, 2.24) is 9.88 Å². The Morgan fingerprint density at radius 3 is 2.76 bits per heavy atom. The fraction of sp³-hybridized carbons (Fsp3) is 0.438. The molecule has 4 nitrogen and oxygen atoms in total. The number of aliphatic hydroxyl groups excluding tert-OH is 1. The molecule has 114 valence electrons. The van der Waals surface area contributed by atoms with Crippen molar-refractivity contribution in [3.05, 3.63) is 47.0 Å². The van der Waals surface area contributed by atoms with Gasteiger partial charge in [-0.15, -0.1) is 11.3 Å². The lowest BCUT2D eigenvalue weighted by Crippen LogP contribution is -2.25. The molecule has 0 aliphatic heterocycles. The Bertz CT molecular complexity index is 515. The molecular formula is C16H23N3OS. The molecule has 1 heterocycles. The number of hydrogen-bond acceptors (Lipinski definition) is 5. The third-order valence-corrected chi connectivity index (χ3v) is 4.06. The maximum absolute atomic E-state index is 9.25. The highest BCUT2D eigenvalue weighted by molar-refractivity contribution is 7.15. The van der Waals surface area contributed by atoms with E-state index < -0.39 is 0 Å². The summed E-state index contributed by atoms with van der Waals surface area (Å²) in [5.41, 5.74) is 1.26. The van der Waals surface area contributed by atoms with Gasteiger partial charge in [-0.25, -0.2) is 4.98 Å². The molecule has 0 bridgehead atoms. The summed E-state index contributed by atoms with van der Waals surface area (Å²) in [4.78, 5) is 7.86. The summed E-state index contributed by atoms with van der Waals surface area (Å²) in [6.45, 7) is 5.61. The fourth-order valence-electron chi connectivity index (χ4n) is 2.11. The van der Waals surface area contributed by atoms with Gasteiger partial charge >= 0.3 is 0 Å². The summed E-state index contributed by atoms with van der Waals surface area (Å²) in [6, 6.07) is 10.4. The standard InChI is InChI=1S/C16H23N3OS/c1-2-8-17-16-18-11-15(21-16)13-19(9-10-20)12-14-6-4-3-5-7-14/h3-7,11,20H,2,8-10,12-13H2,1H3,(H,17,18). The number of aliphatic hydroxyl groups is 1. The predicted octanol–water partition coefficient (Wildman–Crippen LogP) is 2.96. The Labute approximate surface area is 130 Å². The highest BCUT2D eigenvalue weighted by Crippen LogP contribution is 2.20. The Morgan fingerprint density at radius 1 is 1.24 bits per heavy atom. The molecule has 5 heteroatoms. The monoisotopic (exact) mass is 305 g/mol. The summed E-state index contributed by atoms with van der Waals surface area (Å²) < 4.78 is 0. The van der Waals surface area contributed by atoms with Crippen LogP contribution in [-0.2, 0) is 13.1 Å². The molecule has 0 unspecified atom stereocenters. The summed E-state index contributed by atoms with van der Waals surface area (Å²) >= 11 is 1.69. The van der Waals surface area contributed by atoms with Gasteiger partial charge in [-0.1, -0.05) is 37.3 Å². The van der Waals surface area contributed by atoms with Crippen LogP contribution in [-0.4, -0.2) is 34.7 Å². The molecule has 0 aliphatic rings. The van der Waals surface area contributed by atoms with Crippen molar-refractivity contribution < 1.29 is 5.11 Å². The highest BCUT2D eigenvalue weighted by Gasteiger charge is 2.09. The lowest BCUT2D eigenvalue weighted by Gasteiger charge is -2.20. The van der Waals surface area contributed by atoms with E-state index >= 15 is 0 Å². The van der Waals surface area contributed by atoms with Crippen molar-refractivity contribution in [3.8, 4) is 0 Å². The van der Waals surface area contributed by atoms with Gasteiger partial charge in [0.1, 0.15) is 0 Å². The number of hydrogen-bond donors (Lipinski definition) is 2. The molecule has 0 atom stereocenters. The molecule has 0 spiro atoms. The highest BCUT2D eigenvalue weighted by atomic mass is 32.1. The smallest absolute Gasteiger partial charge is 0.182 e. The minimum Gasteiger partial charge on any atom is -0.395 e. The first kappa shape index (κ1) is 15.9. The summed E-state index contributed by atoms with van der Waals surface area (Å²) in [7, 11) is 0. The van der Waals surface area contributed by atoms with Crippen molar-refractivity contribution in [2.75, 3.05) is 25.0 Å². The first-order valence-electron chi connectivity index (χ1n) is 7.37. The molecule has 2 aromatic rings. The number of anilines is 1. The van der Waals surface area contributed by atoms with Crippen LogP contribution in [0.15, 0.2) is 36.5 Å². The second kappa shape index (κ2) is 8.77. The molecule has 2 N–H and O–H groups in total. The van der Waals surface area contributed by atoms with E-state index in [0.29, 0.717) is 6.54 Å². The first-order chi connectivity index (χ1) is 10.3. The van der Waals surface area contributed by atoms with Gasteiger partial charge in [-0.05, 0) is 12.0 Å². The Hall–Kier alpha value is -1.43. The fourth-order valence-corrected chi connectivity index (χ4v) is 2.99. The van der Waals surface area contributed by atoms with Gasteiger partial charge in [-0.2, -0.15) is 0 Å². The zero-order valence-corrected chi connectivity index (χ0v) is 13.3. The van der Waals surface area contributed by atoms with Crippen LogP contribution in [0.25, 0.3) is 0 Å². The maximum Gasteiger partial charge on any atom is 0.182 e.